The van der Waals surface area contributed by atoms with Gasteiger partial charge in [-0.25, -0.2) is 13.2 Å². The number of rotatable bonds is 3. The second kappa shape index (κ2) is 5.22. The van der Waals surface area contributed by atoms with E-state index >= 15 is 0 Å². The molecule has 0 saturated carbocycles. The third-order valence-corrected chi connectivity index (χ3v) is 5.49. The number of nitrogens with one attached hydrogen (secondary N) is 2. The fourth-order valence-electron chi connectivity index (χ4n) is 2.18. The van der Waals surface area contributed by atoms with Gasteiger partial charge in [0.05, 0.1) is 23.7 Å². The molecule has 2 saturated heterocycles. The third-order valence-electron chi connectivity index (χ3n) is 3.22. The van der Waals surface area contributed by atoms with E-state index in [4.69, 9.17) is 4.74 Å². The molecule has 0 aliphatic carbocycles. The molecule has 0 aromatic rings. The number of hydrogen-bond acceptors (Lipinski definition) is 4. The summed E-state index contributed by atoms with van der Waals surface area (Å²) in [5, 5.41) is 4.97. The lowest BCUT2D eigenvalue weighted by atomic mass is 10.2. The Hall–Kier alpha value is -0.820. The van der Waals surface area contributed by atoms with Gasteiger partial charge in [0.15, 0.2) is 9.84 Å². The van der Waals surface area contributed by atoms with Crippen LogP contribution in [0, 0.1) is 0 Å². The van der Waals surface area contributed by atoms with Crippen molar-refractivity contribution < 1.29 is 17.9 Å². The molecule has 0 radical (unpaired) electrons. The van der Waals surface area contributed by atoms with E-state index < -0.39 is 15.1 Å². The van der Waals surface area contributed by atoms with Gasteiger partial charge < -0.3 is 15.4 Å². The number of amides is 2. The molecule has 0 aromatic heterocycles. The van der Waals surface area contributed by atoms with Crippen molar-refractivity contribution in [3.63, 3.8) is 0 Å². The molecule has 7 heteroatoms. The van der Waals surface area contributed by atoms with Gasteiger partial charge in [-0.05, 0) is 19.3 Å². The highest BCUT2D eigenvalue weighted by atomic mass is 32.2. The molecule has 98 valence electrons. The zero-order valence-electron chi connectivity index (χ0n) is 9.65. The minimum Gasteiger partial charge on any atom is -0.379 e. The SMILES string of the molecule is O=C(NCC1CCCS1(=O)=O)NC1CCOC1. The van der Waals surface area contributed by atoms with Crippen LogP contribution in [-0.4, -0.2) is 51.3 Å². The molecule has 2 amide bonds. The molecule has 2 fully saturated rings. The topological polar surface area (TPSA) is 84.5 Å². The molecule has 2 atom stereocenters. The Morgan fingerprint density at radius 1 is 1.35 bits per heavy atom. The molecule has 2 unspecified atom stereocenters. The summed E-state index contributed by atoms with van der Waals surface area (Å²) < 4.78 is 28.2. The maximum absolute atomic E-state index is 11.5. The lowest BCUT2D eigenvalue weighted by Gasteiger charge is -2.14. The monoisotopic (exact) mass is 262 g/mol. The second-order valence-electron chi connectivity index (χ2n) is 4.55. The summed E-state index contributed by atoms with van der Waals surface area (Å²) in [6.07, 6.45) is 2.16. The minimum absolute atomic E-state index is 0.0511. The number of carbonyl (C=O) groups is 1. The van der Waals surface area contributed by atoms with E-state index in [0.717, 1.165) is 6.42 Å². The molecular formula is C10H18N2O4S. The molecule has 2 rings (SSSR count). The quantitative estimate of drug-likeness (QED) is 0.728. The van der Waals surface area contributed by atoms with Gasteiger partial charge >= 0.3 is 6.03 Å². The maximum atomic E-state index is 11.5. The molecule has 2 N–H and O–H groups in total. The summed E-state index contributed by atoms with van der Waals surface area (Å²) in [6, 6.07) is -0.252. The van der Waals surface area contributed by atoms with E-state index in [-0.39, 0.29) is 24.4 Å². The van der Waals surface area contributed by atoms with Crippen molar-refractivity contribution in [3.8, 4) is 0 Å². The van der Waals surface area contributed by atoms with Gasteiger partial charge in [-0.3, -0.25) is 0 Å². The Balaban J connectivity index is 1.72. The van der Waals surface area contributed by atoms with E-state index in [1.165, 1.54) is 0 Å². The van der Waals surface area contributed by atoms with Crippen molar-refractivity contribution in [1.82, 2.24) is 10.6 Å². The minimum atomic E-state index is -2.98. The maximum Gasteiger partial charge on any atom is 0.315 e. The van der Waals surface area contributed by atoms with Gasteiger partial charge in [-0.1, -0.05) is 0 Å². The summed E-state index contributed by atoms with van der Waals surface area (Å²) in [5.74, 6) is 0.247. The first-order chi connectivity index (χ1) is 8.08. The standard InChI is InChI=1S/C10H18N2O4S/c13-10(12-8-3-4-16-7-8)11-6-9-2-1-5-17(9,14)15/h8-9H,1-7H2,(H2,11,12,13). The molecule has 0 spiro atoms. The Morgan fingerprint density at radius 3 is 2.76 bits per heavy atom. The van der Waals surface area contributed by atoms with Crippen LogP contribution in [0.5, 0.6) is 0 Å². The largest absolute Gasteiger partial charge is 0.379 e. The van der Waals surface area contributed by atoms with E-state index in [1.54, 1.807) is 0 Å². The Morgan fingerprint density at radius 2 is 2.18 bits per heavy atom. The average Bonchev–Trinajstić information content (AvgIpc) is 2.85. The first kappa shape index (κ1) is 12.6. The number of urea groups is 1. The summed E-state index contributed by atoms with van der Waals surface area (Å²) in [6.45, 7) is 1.42. The van der Waals surface area contributed by atoms with E-state index in [9.17, 15) is 13.2 Å². The summed E-state index contributed by atoms with van der Waals surface area (Å²) in [5.41, 5.74) is 0. The number of carbonyl (C=O) groups excluding carboxylic acids is 1. The molecule has 2 aliphatic rings. The first-order valence-electron chi connectivity index (χ1n) is 5.91. The summed E-state index contributed by atoms with van der Waals surface area (Å²) in [4.78, 5) is 11.5. The normalized spacial score (nSPS) is 31.3. The van der Waals surface area contributed by atoms with Crippen LogP contribution in [0.25, 0.3) is 0 Å². The highest BCUT2D eigenvalue weighted by Gasteiger charge is 2.31. The van der Waals surface area contributed by atoms with E-state index in [1.807, 2.05) is 0 Å². The third kappa shape index (κ3) is 3.32. The van der Waals surface area contributed by atoms with Crippen molar-refractivity contribution in [3.05, 3.63) is 0 Å². The van der Waals surface area contributed by atoms with Crippen LogP contribution in [0.4, 0.5) is 4.79 Å². The van der Waals surface area contributed by atoms with Crippen LogP contribution in [0.3, 0.4) is 0 Å². The van der Waals surface area contributed by atoms with Crippen molar-refractivity contribution in [1.29, 1.82) is 0 Å². The Labute approximate surface area is 101 Å². The second-order valence-corrected chi connectivity index (χ2v) is 6.95. The van der Waals surface area contributed by atoms with Gasteiger partial charge in [0.1, 0.15) is 0 Å². The van der Waals surface area contributed by atoms with Gasteiger partial charge in [0.2, 0.25) is 0 Å². The smallest absolute Gasteiger partial charge is 0.315 e. The highest BCUT2D eigenvalue weighted by molar-refractivity contribution is 7.92. The van der Waals surface area contributed by atoms with Gasteiger partial charge in [-0.2, -0.15) is 0 Å². The van der Waals surface area contributed by atoms with Crippen LogP contribution in [0.2, 0.25) is 0 Å². The predicted molar refractivity (Wildman–Crippen MR) is 62.6 cm³/mol. The zero-order chi connectivity index (χ0) is 12.3. The fraction of sp³-hybridized carbons (Fsp3) is 0.900. The number of hydrogen-bond donors (Lipinski definition) is 2. The molecule has 0 aromatic carbocycles. The molecular weight excluding hydrogens is 244 g/mol. The lowest BCUT2D eigenvalue weighted by molar-refractivity contribution is 0.188. The molecule has 2 heterocycles. The van der Waals surface area contributed by atoms with E-state index in [2.05, 4.69) is 10.6 Å². The molecule has 6 nitrogen and oxygen atoms in total. The van der Waals surface area contributed by atoms with Gasteiger partial charge in [-0.15, -0.1) is 0 Å². The number of ether oxygens (including phenoxy) is 1. The molecule has 2 aliphatic heterocycles. The summed E-state index contributed by atoms with van der Waals surface area (Å²) in [7, 11) is -2.98. The highest BCUT2D eigenvalue weighted by Crippen LogP contribution is 2.18. The van der Waals surface area contributed by atoms with Gasteiger partial charge in [0, 0.05) is 13.2 Å². The van der Waals surface area contributed by atoms with Crippen molar-refractivity contribution >= 4 is 15.9 Å². The Bertz CT molecular complexity index is 376. The zero-order valence-corrected chi connectivity index (χ0v) is 10.5. The average molecular weight is 262 g/mol. The van der Waals surface area contributed by atoms with Crippen LogP contribution in [-0.2, 0) is 14.6 Å². The molecule has 0 bridgehead atoms. The first-order valence-corrected chi connectivity index (χ1v) is 7.63. The molecule has 17 heavy (non-hydrogen) atoms. The Kier molecular flexibility index (Phi) is 3.88. The van der Waals surface area contributed by atoms with Gasteiger partial charge in [0.25, 0.3) is 0 Å². The van der Waals surface area contributed by atoms with Crippen LogP contribution in [0.1, 0.15) is 19.3 Å². The fourth-order valence-corrected chi connectivity index (χ4v) is 3.94. The predicted octanol–water partition coefficient (Wildman–Crippen LogP) is -0.348. The van der Waals surface area contributed by atoms with Crippen LogP contribution < -0.4 is 10.6 Å². The van der Waals surface area contributed by atoms with Crippen molar-refractivity contribution in [2.45, 2.75) is 30.6 Å². The summed E-state index contributed by atoms with van der Waals surface area (Å²) >= 11 is 0. The van der Waals surface area contributed by atoms with Crippen LogP contribution >= 0.6 is 0 Å². The van der Waals surface area contributed by atoms with Crippen LogP contribution in [0.15, 0.2) is 0 Å². The van der Waals surface area contributed by atoms with E-state index in [0.29, 0.717) is 26.1 Å². The van der Waals surface area contributed by atoms with Crippen molar-refractivity contribution in [2.24, 2.45) is 0 Å². The lowest BCUT2D eigenvalue weighted by Crippen LogP contribution is -2.45. The number of sulfone groups is 1. The van der Waals surface area contributed by atoms with Crippen molar-refractivity contribution in [2.75, 3.05) is 25.5 Å².